The molecule has 0 spiro atoms. The summed E-state index contributed by atoms with van der Waals surface area (Å²) < 4.78 is 5.63. The highest BCUT2D eigenvalue weighted by molar-refractivity contribution is 8.26. The van der Waals surface area contributed by atoms with Crippen LogP contribution in [-0.4, -0.2) is 56.3 Å². The Morgan fingerprint density at radius 3 is 3.04 bits per heavy atom. The van der Waals surface area contributed by atoms with Gasteiger partial charge in [-0.15, -0.1) is 0 Å². The summed E-state index contributed by atoms with van der Waals surface area (Å²) in [5.41, 5.74) is 0. The van der Waals surface area contributed by atoms with Crippen molar-refractivity contribution < 1.29 is 19.1 Å². The Labute approximate surface area is 162 Å². The van der Waals surface area contributed by atoms with Crippen LogP contribution in [0.4, 0.5) is 0 Å². The van der Waals surface area contributed by atoms with E-state index in [0.717, 1.165) is 19.3 Å². The molecule has 26 heavy (non-hydrogen) atoms. The van der Waals surface area contributed by atoms with Crippen molar-refractivity contribution in [3.8, 4) is 0 Å². The van der Waals surface area contributed by atoms with Crippen molar-refractivity contribution in [2.24, 2.45) is 0 Å². The van der Waals surface area contributed by atoms with E-state index in [4.69, 9.17) is 16.6 Å². The van der Waals surface area contributed by atoms with Gasteiger partial charge >= 0.3 is 0 Å². The van der Waals surface area contributed by atoms with Crippen LogP contribution in [0.5, 0.6) is 0 Å². The van der Waals surface area contributed by atoms with E-state index in [2.05, 4.69) is 0 Å². The fourth-order valence-corrected chi connectivity index (χ4v) is 4.81. The second-order valence-electron chi connectivity index (χ2n) is 6.44. The van der Waals surface area contributed by atoms with Gasteiger partial charge in [-0.1, -0.05) is 24.0 Å². The molecular formula is C18H22N2O4S2. The number of piperidine rings is 1. The van der Waals surface area contributed by atoms with E-state index < -0.39 is 6.04 Å². The monoisotopic (exact) mass is 394 g/mol. The number of likely N-dealkylation sites (tertiary alicyclic amines) is 1. The molecule has 2 fully saturated rings. The molecule has 2 amide bonds. The fraction of sp³-hybridized carbons (Fsp3) is 0.500. The van der Waals surface area contributed by atoms with Crippen molar-refractivity contribution in [3.05, 3.63) is 29.1 Å². The van der Waals surface area contributed by atoms with Crippen molar-refractivity contribution in [1.82, 2.24) is 9.80 Å². The third-order valence-corrected chi connectivity index (χ3v) is 6.09. The van der Waals surface area contributed by atoms with Crippen LogP contribution >= 0.6 is 24.0 Å². The first-order valence-electron chi connectivity index (χ1n) is 8.75. The average Bonchev–Trinajstić information content (AvgIpc) is 3.23. The zero-order chi connectivity index (χ0) is 18.7. The van der Waals surface area contributed by atoms with Gasteiger partial charge in [0.2, 0.25) is 5.91 Å². The van der Waals surface area contributed by atoms with E-state index in [1.165, 1.54) is 22.9 Å². The lowest BCUT2D eigenvalue weighted by Gasteiger charge is -2.38. The van der Waals surface area contributed by atoms with Crippen LogP contribution in [0.3, 0.4) is 0 Å². The number of hydrogen-bond acceptors (Lipinski definition) is 6. The summed E-state index contributed by atoms with van der Waals surface area (Å²) in [6.45, 7) is 2.42. The zero-order valence-corrected chi connectivity index (χ0v) is 16.2. The normalized spacial score (nSPS) is 23.8. The minimum absolute atomic E-state index is 0.0285. The molecule has 0 aliphatic carbocycles. The van der Waals surface area contributed by atoms with Gasteiger partial charge < -0.3 is 14.4 Å². The third-order valence-electron chi connectivity index (χ3n) is 4.76. The van der Waals surface area contributed by atoms with Crippen LogP contribution < -0.4 is 0 Å². The van der Waals surface area contributed by atoms with E-state index in [1.807, 2.05) is 0 Å². The van der Waals surface area contributed by atoms with Crippen LogP contribution in [0.2, 0.25) is 0 Å². The highest BCUT2D eigenvalue weighted by Crippen LogP contribution is 2.34. The lowest BCUT2D eigenvalue weighted by Crippen LogP contribution is -2.53. The molecule has 0 radical (unpaired) electrons. The summed E-state index contributed by atoms with van der Waals surface area (Å²) in [5, 5.41) is 9.27. The molecule has 2 atom stereocenters. The quantitative estimate of drug-likeness (QED) is 0.611. The maximum atomic E-state index is 13.0. The Morgan fingerprint density at radius 1 is 1.54 bits per heavy atom. The number of thioether (sulfide) groups is 1. The van der Waals surface area contributed by atoms with Gasteiger partial charge in [0.1, 0.15) is 16.1 Å². The van der Waals surface area contributed by atoms with Gasteiger partial charge in [-0.3, -0.25) is 14.5 Å². The number of carbonyl (C=O) groups is 2. The number of carbonyl (C=O) groups excluding carboxylic acids is 2. The molecule has 2 aliphatic rings. The molecule has 0 bridgehead atoms. The van der Waals surface area contributed by atoms with Gasteiger partial charge in [0.15, 0.2) is 0 Å². The van der Waals surface area contributed by atoms with Gasteiger partial charge in [-0.05, 0) is 44.7 Å². The van der Waals surface area contributed by atoms with Crippen LogP contribution in [0.25, 0.3) is 6.08 Å². The van der Waals surface area contributed by atoms with Crippen LogP contribution in [0.1, 0.15) is 38.4 Å². The smallest absolute Gasteiger partial charge is 0.267 e. The number of rotatable bonds is 5. The maximum Gasteiger partial charge on any atom is 0.267 e. The van der Waals surface area contributed by atoms with Gasteiger partial charge in [-0.2, -0.15) is 0 Å². The van der Waals surface area contributed by atoms with Crippen molar-refractivity contribution in [1.29, 1.82) is 0 Å². The molecule has 2 saturated heterocycles. The molecule has 1 aromatic heterocycles. The first-order valence-corrected chi connectivity index (χ1v) is 9.97. The Hall–Kier alpha value is -1.64. The van der Waals surface area contributed by atoms with Crippen LogP contribution in [0.15, 0.2) is 27.7 Å². The molecule has 0 unspecified atom stereocenters. The highest BCUT2D eigenvalue weighted by Gasteiger charge is 2.41. The minimum Gasteiger partial charge on any atom is -0.465 e. The SMILES string of the molecule is C[C@H](C(=O)N1CCCC[C@H]1CCO)N1C(=O)/C(=C/c2ccco2)SC1=S. The number of aliphatic hydroxyl groups excluding tert-OH is 1. The molecule has 140 valence electrons. The molecular weight excluding hydrogens is 372 g/mol. The Balaban J connectivity index is 1.76. The number of furan rings is 1. The summed E-state index contributed by atoms with van der Waals surface area (Å²) in [5.74, 6) is 0.190. The summed E-state index contributed by atoms with van der Waals surface area (Å²) in [6.07, 6.45) is 6.63. The molecule has 6 nitrogen and oxygen atoms in total. The molecule has 1 aromatic rings. The van der Waals surface area contributed by atoms with E-state index in [9.17, 15) is 14.7 Å². The summed E-state index contributed by atoms with van der Waals surface area (Å²) in [7, 11) is 0. The highest BCUT2D eigenvalue weighted by atomic mass is 32.2. The van der Waals surface area contributed by atoms with Gasteiger partial charge in [0.25, 0.3) is 5.91 Å². The number of aliphatic hydroxyl groups is 1. The summed E-state index contributed by atoms with van der Waals surface area (Å²) >= 11 is 6.54. The molecule has 3 heterocycles. The van der Waals surface area contributed by atoms with Crippen molar-refractivity contribution >= 4 is 46.2 Å². The Kier molecular flexibility index (Phi) is 6.16. The van der Waals surface area contributed by atoms with Crippen LogP contribution in [-0.2, 0) is 9.59 Å². The largest absolute Gasteiger partial charge is 0.465 e. The summed E-state index contributed by atoms with van der Waals surface area (Å²) in [6, 6.07) is 2.87. The predicted molar refractivity (Wildman–Crippen MR) is 104 cm³/mol. The zero-order valence-electron chi connectivity index (χ0n) is 14.6. The molecule has 0 aromatic carbocycles. The number of hydrogen-bond donors (Lipinski definition) is 1. The predicted octanol–water partition coefficient (Wildman–Crippen LogP) is 2.63. The first-order chi connectivity index (χ1) is 12.5. The maximum absolute atomic E-state index is 13.0. The van der Waals surface area contributed by atoms with Gasteiger partial charge in [0.05, 0.1) is 11.2 Å². The van der Waals surface area contributed by atoms with E-state index in [1.54, 1.807) is 30.0 Å². The van der Waals surface area contributed by atoms with E-state index in [-0.39, 0.29) is 24.5 Å². The molecule has 1 N–H and O–H groups in total. The molecule has 0 saturated carbocycles. The lowest BCUT2D eigenvalue weighted by molar-refractivity contribution is -0.142. The van der Waals surface area contributed by atoms with E-state index in [0.29, 0.717) is 28.0 Å². The Morgan fingerprint density at radius 2 is 2.35 bits per heavy atom. The minimum atomic E-state index is -0.663. The Bertz CT molecular complexity index is 715. The second kappa shape index (κ2) is 8.37. The van der Waals surface area contributed by atoms with E-state index >= 15 is 0 Å². The van der Waals surface area contributed by atoms with Crippen molar-refractivity contribution in [2.45, 2.75) is 44.7 Å². The molecule has 8 heteroatoms. The summed E-state index contributed by atoms with van der Waals surface area (Å²) in [4.78, 5) is 29.5. The third kappa shape index (κ3) is 3.87. The number of thiocarbonyl (C=S) groups is 1. The number of nitrogens with zero attached hydrogens (tertiary/aromatic N) is 2. The molecule has 2 aliphatic heterocycles. The average molecular weight is 395 g/mol. The molecule has 3 rings (SSSR count). The van der Waals surface area contributed by atoms with Gasteiger partial charge in [-0.25, -0.2) is 0 Å². The fourth-order valence-electron chi connectivity index (χ4n) is 3.41. The topological polar surface area (TPSA) is 74.0 Å². The van der Waals surface area contributed by atoms with Gasteiger partial charge in [0, 0.05) is 25.3 Å². The lowest BCUT2D eigenvalue weighted by atomic mass is 9.98. The van der Waals surface area contributed by atoms with Crippen molar-refractivity contribution in [2.75, 3.05) is 13.2 Å². The van der Waals surface area contributed by atoms with Crippen molar-refractivity contribution in [3.63, 3.8) is 0 Å². The van der Waals surface area contributed by atoms with Crippen LogP contribution in [0, 0.1) is 0 Å². The number of amides is 2. The second-order valence-corrected chi connectivity index (χ2v) is 8.11. The first kappa shape index (κ1) is 19.1. The standard InChI is InChI=1S/C18H22N2O4S2/c1-12(16(22)19-8-3-2-5-13(19)7-9-21)20-17(23)15(26-18(20)25)11-14-6-4-10-24-14/h4,6,10-13,21H,2-3,5,7-9H2,1H3/b15-11-/t12-,13+/m1/s1.